The van der Waals surface area contributed by atoms with Crippen LogP contribution in [0.15, 0.2) is 24.3 Å². The number of rotatable bonds is 3. The number of hydrogen-bond donors (Lipinski definition) is 3. The minimum Gasteiger partial charge on any atom is -0.508 e. The van der Waals surface area contributed by atoms with Crippen molar-refractivity contribution in [3.8, 4) is 5.75 Å². The predicted octanol–water partition coefficient (Wildman–Crippen LogP) is 1.49. The maximum Gasteiger partial charge on any atom is 0.272 e. The number of hydrogen-bond acceptors (Lipinski definition) is 3. The van der Waals surface area contributed by atoms with E-state index >= 15 is 0 Å². The fourth-order valence-corrected chi connectivity index (χ4v) is 1.48. The van der Waals surface area contributed by atoms with Crippen molar-refractivity contribution in [3.05, 3.63) is 47.0 Å². The van der Waals surface area contributed by atoms with E-state index in [1.165, 1.54) is 12.1 Å². The van der Waals surface area contributed by atoms with E-state index in [1.807, 2.05) is 0 Å². The van der Waals surface area contributed by atoms with Crippen molar-refractivity contribution in [1.29, 1.82) is 0 Å². The zero-order chi connectivity index (χ0) is 13.1. The highest BCUT2D eigenvalue weighted by Crippen LogP contribution is 2.14. The average molecular weight is 249 g/mol. The predicted molar refractivity (Wildman–Crippen MR) is 62.6 cm³/mol. The quantitative estimate of drug-likeness (QED) is 0.771. The Morgan fingerprint density at radius 2 is 2.28 bits per heavy atom. The molecule has 0 fully saturated rings. The highest BCUT2D eigenvalue weighted by atomic mass is 19.1. The van der Waals surface area contributed by atoms with Gasteiger partial charge >= 0.3 is 0 Å². The number of H-pyrrole nitrogens is 1. The second kappa shape index (κ2) is 4.87. The molecule has 0 radical (unpaired) electrons. The molecule has 0 spiro atoms. The van der Waals surface area contributed by atoms with Crippen molar-refractivity contribution in [1.82, 2.24) is 15.5 Å². The Hall–Kier alpha value is -2.37. The molecule has 6 heteroatoms. The molecule has 1 amide bonds. The second-order valence-corrected chi connectivity index (χ2v) is 3.89. The monoisotopic (exact) mass is 249 g/mol. The van der Waals surface area contributed by atoms with Gasteiger partial charge in [0.15, 0.2) is 0 Å². The average Bonchev–Trinajstić information content (AvgIpc) is 2.74. The number of nitrogens with zero attached hydrogens (tertiary/aromatic N) is 1. The van der Waals surface area contributed by atoms with Crippen LogP contribution in [0.5, 0.6) is 5.75 Å². The van der Waals surface area contributed by atoms with E-state index in [0.29, 0.717) is 5.56 Å². The maximum atomic E-state index is 13.4. The third-order valence-electron chi connectivity index (χ3n) is 2.41. The molecule has 0 aliphatic carbocycles. The molecule has 3 N–H and O–H groups in total. The summed E-state index contributed by atoms with van der Waals surface area (Å²) in [5, 5.41) is 18.0. The standard InChI is InChI=1S/C12H12FN3O2/c1-7-4-11(16-15-7)12(18)14-6-8-2-3-9(17)5-10(8)13/h2-5,17H,6H2,1H3,(H,14,18)(H,15,16). The number of amides is 1. The molecule has 18 heavy (non-hydrogen) atoms. The summed E-state index contributed by atoms with van der Waals surface area (Å²) in [5.41, 5.74) is 1.33. The van der Waals surface area contributed by atoms with Crippen LogP contribution in [0.3, 0.4) is 0 Å². The van der Waals surface area contributed by atoms with E-state index in [9.17, 15) is 9.18 Å². The summed E-state index contributed by atoms with van der Waals surface area (Å²) in [4.78, 5) is 11.6. The molecule has 0 aliphatic heterocycles. The van der Waals surface area contributed by atoms with Gasteiger partial charge in [-0.2, -0.15) is 5.10 Å². The van der Waals surface area contributed by atoms with Gasteiger partial charge in [-0.1, -0.05) is 6.07 Å². The molecule has 1 heterocycles. The number of phenols is 1. The van der Waals surface area contributed by atoms with Crippen LogP contribution < -0.4 is 5.32 Å². The van der Waals surface area contributed by atoms with E-state index in [-0.39, 0.29) is 23.9 Å². The van der Waals surface area contributed by atoms with Crippen molar-refractivity contribution in [2.75, 3.05) is 0 Å². The molecule has 1 aromatic heterocycles. The van der Waals surface area contributed by atoms with Gasteiger partial charge in [-0.25, -0.2) is 4.39 Å². The van der Waals surface area contributed by atoms with Gasteiger partial charge in [0.05, 0.1) is 0 Å². The smallest absolute Gasteiger partial charge is 0.272 e. The number of phenolic OH excluding ortho intramolecular Hbond substituents is 1. The van der Waals surface area contributed by atoms with Gasteiger partial charge < -0.3 is 10.4 Å². The van der Waals surface area contributed by atoms with Gasteiger partial charge in [0, 0.05) is 23.9 Å². The number of halogens is 1. The van der Waals surface area contributed by atoms with Crippen LogP contribution in [0.1, 0.15) is 21.7 Å². The molecule has 0 saturated carbocycles. The van der Waals surface area contributed by atoms with Gasteiger partial charge in [0.1, 0.15) is 17.3 Å². The number of carbonyl (C=O) groups excluding carboxylic acids is 1. The Kier molecular flexibility index (Phi) is 3.27. The van der Waals surface area contributed by atoms with Crippen molar-refractivity contribution in [3.63, 3.8) is 0 Å². The van der Waals surface area contributed by atoms with Gasteiger partial charge in [-0.05, 0) is 19.1 Å². The number of aromatic amines is 1. The molecule has 0 aliphatic rings. The fourth-order valence-electron chi connectivity index (χ4n) is 1.48. The van der Waals surface area contributed by atoms with E-state index < -0.39 is 5.82 Å². The lowest BCUT2D eigenvalue weighted by molar-refractivity contribution is 0.0945. The van der Waals surface area contributed by atoms with Gasteiger partial charge in [0.2, 0.25) is 0 Å². The summed E-state index contributed by atoms with van der Waals surface area (Å²) in [6.45, 7) is 1.82. The van der Waals surface area contributed by atoms with Crippen LogP contribution >= 0.6 is 0 Å². The number of nitrogens with one attached hydrogen (secondary N) is 2. The van der Waals surface area contributed by atoms with Crippen molar-refractivity contribution >= 4 is 5.91 Å². The Balaban J connectivity index is 2.01. The minimum atomic E-state index is -0.562. The third kappa shape index (κ3) is 2.65. The zero-order valence-electron chi connectivity index (χ0n) is 9.70. The molecule has 2 aromatic rings. The zero-order valence-corrected chi connectivity index (χ0v) is 9.70. The molecule has 0 atom stereocenters. The molecule has 2 rings (SSSR count). The first kappa shape index (κ1) is 12.1. The molecule has 0 bridgehead atoms. The lowest BCUT2D eigenvalue weighted by Gasteiger charge is -2.05. The first-order chi connectivity index (χ1) is 8.56. The third-order valence-corrected chi connectivity index (χ3v) is 2.41. The molecule has 5 nitrogen and oxygen atoms in total. The van der Waals surface area contributed by atoms with Crippen LogP contribution in [0, 0.1) is 12.7 Å². The summed E-state index contributed by atoms with van der Waals surface area (Å²) < 4.78 is 13.4. The topological polar surface area (TPSA) is 78.0 Å². The first-order valence-corrected chi connectivity index (χ1v) is 5.34. The molecule has 0 unspecified atom stereocenters. The van der Waals surface area contributed by atoms with Gasteiger partial charge in [-0.3, -0.25) is 9.89 Å². The van der Waals surface area contributed by atoms with E-state index in [0.717, 1.165) is 11.8 Å². The summed E-state index contributed by atoms with van der Waals surface area (Å²) >= 11 is 0. The summed E-state index contributed by atoms with van der Waals surface area (Å²) in [5.74, 6) is -1.09. The number of aromatic hydroxyl groups is 1. The summed E-state index contributed by atoms with van der Waals surface area (Å²) in [7, 11) is 0. The molecule has 0 saturated heterocycles. The number of carbonyl (C=O) groups is 1. The molecular weight excluding hydrogens is 237 g/mol. The summed E-state index contributed by atoms with van der Waals surface area (Å²) in [6.07, 6.45) is 0. The number of aryl methyl sites for hydroxylation is 1. The van der Waals surface area contributed by atoms with E-state index in [4.69, 9.17) is 5.11 Å². The molecular formula is C12H12FN3O2. The van der Waals surface area contributed by atoms with Gasteiger partial charge in [-0.15, -0.1) is 0 Å². The lowest BCUT2D eigenvalue weighted by atomic mass is 10.2. The highest BCUT2D eigenvalue weighted by Gasteiger charge is 2.10. The molecule has 1 aromatic carbocycles. The van der Waals surface area contributed by atoms with E-state index in [1.54, 1.807) is 13.0 Å². The first-order valence-electron chi connectivity index (χ1n) is 5.34. The number of benzene rings is 1. The Morgan fingerprint density at radius 1 is 1.50 bits per heavy atom. The van der Waals surface area contributed by atoms with Crippen LogP contribution in [0.4, 0.5) is 4.39 Å². The maximum absolute atomic E-state index is 13.4. The van der Waals surface area contributed by atoms with Crippen LogP contribution in [0.2, 0.25) is 0 Å². The Labute approximate surface area is 103 Å². The van der Waals surface area contributed by atoms with Crippen LogP contribution in [-0.4, -0.2) is 21.2 Å². The Morgan fingerprint density at radius 3 is 2.89 bits per heavy atom. The fraction of sp³-hybridized carbons (Fsp3) is 0.167. The second-order valence-electron chi connectivity index (χ2n) is 3.89. The normalized spacial score (nSPS) is 10.3. The Bertz CT molecular complexity index is 580. The van der Waals surface area contributed by atoms with E-state index in [2.05, 4.69) is 15.5 Å². The largest absolute Gasteiger partial charge is 0.508 e. The molecule has 94 valence electrons. The van der Waals surface area contributed by atoms with Crippen molar-refractivity contribution in [2.24, 2.45) is 0 Å². The number of aromatic nitrogens is 2. The minimum absolute atomic E-state index is 0.0385. The van der Waals surface area contributed by atoms with Crippen molar-refractivity contribution < 1.29 is 14.3 Å². The highest BCUT2D eigenvalue weighted by molar-refractivity contribution is 5.92. The van der Waals surface area contributed by atoms with Gasteiger partial charge in [0.25, 0.3) is 5.91 Å². The van der Waals surface area contributed by atoms with Crippen LogP contribution in [0.25, 0.3) is 0 Å². The lowest BCUT2D eigenvalue weighted by Crippen LogP contribution is -2.23. The van der Waals surface area contributed by atoms with Crippen molar-refractivity contribution in [2.45, 2.75) is 13.5 Å². The van der Waals surface area contributed by atoms with Crippen LogP contribution in [-0.2, 0) is 6.54 Å². The summed E-state index contributed by atoms with van der Waals surface area (Å²) in [6, 6.07) is 5.38. The SMILES string of the molecule is Cc1cc(C(=O)NCc2ccc(O)cc2F)n[nH]1.